The van der Waals surface area contributed by atoms with Crippen molar-refractivity contribution in [3.63, 3.8) is 0 Å². The minimum atomic E-state index is -1.47. The van der Waals surface area contributed by atoms with Gasteiger partial charge in [0, 0.05) is 23.7 Å². The number of fused-ring (bicyclic) bond motifs is 2. The van der Waals surface area contributed by atoms with Gasteiger partial charge in [-0.3, -0.25) is 14.5 Å². The Morgan fingerprint density at radius 1 is 1.06 bits per heavy atom. The van der Waals surface area contributed by atoms with Crippen LogP contribution in [-0.4, -0.2) is 40.4 Å². The molecule has 3 atom stereocenters. The van der Waals surface area contributed by atoms with Crippen molar-refractivity contribution in [2.45, 2.75) is 11.5 Å². The smallest absolute Gasteiger partial charge is 0.250 e. The van der Waals surface area contributed by atoms with Crippen molar-refractivity contribution in [2.24, 2.45) is 5.92 Å². The number of benzene rings is 3. The normalized spacial score (nSPS) is 24.2. The molecule has 1 fully saturated rings. The molecular weight excluding hydrogens is 430 g/mol. The van der Waals surface area contributed by atoms with E-state index in [0.29, 0.717) is 16.8 Å². The van der Waals surface area contributed by atoms with E-state index in [0.717, 1.165) is 18.2 Å². The van der Waals surface area contributed by atoms with Crippen LogP contribution < -0.4 is 5.32 Å². The van der Waals surface area contributed by atoms with Crippen LogP contribution in [0.5, 0.6) is 11.5 Å². The van der Waals surface area contributed by atoms with Crippen LogP contribution in [0.15, 0.2) is 60.7 Å². The Morgan fingerprint density at radius 2 is 1.82 bits per heavy atom. The van der Waals surface area contributed by atoms with Crippen LogP contribution in [0.4, 0.5) is 14.5 Å². The van der Waals surface area contributed by atoms with E-state index in [1.54, 1.807) is 42.3 Å². The van der Waals surface area contributed by atoms with Crippen LogP contribution in [0, 0.1) is 17.6 Å². The highest BCUT2D eigenvalue weighted by atomic mass is 19.1. The zero-order chi connectivity index (χ0) is 23.5. The first kappa shape index (κ1) is 21.1. The lowest BCUT2D eigenvalue weighted by Crippen LogP contribution is -2.51. The zero-order valence-corrected chi connectivity index (χ0v) is 17.5. The maximum absolute atomic E-state index is 14.7. The molecule has 1 spiro atoms. The Morgan fingerprint density at radius 3 is 2.58 bits per heavy atom. The molecule has 3 aromatic rings. The van der Waals surface area contributed by atoms with Gasteiger partial charge in [0.15, 0.2) is 17.3 Å². The fraction of sp³-hybridized carbons (Fsp3) is 0.200. The molecule has 2 heterocycles. The molecule has 5 rings (SSSR count). The standard InChI is InChI=1S/C25H20F2N2O4/c1-29-12-16(13-6-9-20(30)21(31)10-13)22(23(32)15-11-14(26)7-8-18(15)27)25(29)17-4-2-3-5-19(17)28-24(25)33/h2-11,16,22,30-31H,12H2,1H3,(H,28,33). The number of amides is 1. The van der Waals surface area contributed by atoms with Crippen LogP contribution in [0.25, 0.3) is 0 Å². The van der Waals surface area contributed by atoms with Crippen molar-refractivity contribution >= 4 is 17.4 Å². The van der Waals surface area contributed by atoms with Crippen LogP contribution in [0.1, 0.15) is 27.4 Å². The number of ketones is 1. The van der Waals surface area contributed by atoms with E-state index < -0.39 is 46.3 Å². The van der Waals surface area contributed by atoms with E-state index in [9.17, 15) is 28.6 Å². The topological polar surface area (TPSA) is 89.9 Å². The number of phenolic OH excluding ortho intramolecular Hbond substituents is 2. The molecule has 1 amide bonds. The van der Waals surface area contributed by atoms with Gasteiger partial charge in [-0.15, -0.1) is 0 Å². The Kier molecular flexibility index (Phi) is 4.72. The van der Waals surface area contributed by atoms with Crippen LogP contribution in [0.3, 0.4) is 0 Å². The van der Waals surface area contributed by atoms with Crippen LogP contribution >= 0.6 is 0 Å². The molecule has 3 unspecified atom stereocenters. The minimum absolute atomic E-state index is 0.222. The molecule has 3 N–H and O–H groups in total. The van der Waals surface area contributed by atoms with E-state index in [4.69, 9.17) is 0 Å². The number of aromatic hydroxyl groups is 2. The number of hydrogen-bond acceptors (Lipinski definition) is 5. The molecule has 2 aliphatic heterocycles. The molecule has 0 radical (unpaired) electrons. The Bertz CT molecular complexity index is 1310. The average Bonchev–Trinajstić information content (AvgIpc) is 3.26. The van der Waals surface area contributed by atoms with E-state index in [1.807, 2.05) is 0 Å². The molecule has 1 saturated heterocycles. The van der Waals surface area contributed by atoms with Gasteiger partial charge >= 0.3 is 0 Å². The third-order valence-electron chi connectivity index (χ3n) is 6.76. The molecule has 2 aliphatic rings. The highest BCUT2D eigenvalue weighted by molar-refractivity contribution is 6.12. The maximum Gasteiger partial charge on any atom is 0.250 e. The first-order valence-electron chi connectivity index (χ1n) is 10.4. The van der Waals surface area contributed by atoms with Crippen molar-refractivity contribution in [3.8, 4) is 11.5 Å². The second kappa shape index (κ2) is 7.38. The fourth-order valence-corrected chi connectivity index (χ4v) is 5.32. The molecule has 168 valence electrons. The van der Waals surface area contributed by atoms with Crippen molar-refractivity contribution in [1.82, 2.24) is 4.90 Å². The summed E-state index contributed by atoms with van der Waals surface area (Å²) in [7, 11) is 1.70. The highest BCUT2D eigenvalue weighted by Crippen LogP contribution is 2.56. The number of likely N-dealkylation sites (N-methyl/N-ethyl adjacent to an activating group) is 1. The molecule has 3 aromatic carbocycles. The second-order valence-electron chi connectivity index (χ2n) is 8.47. The van der Waals surface area contributed by atoms with E-state index >= 15 is 0 Å². The summed E-state index contributed by atoms with van der Waals surface area (Å²) in [5.74, 6) is -5.31. The molecule has 0 bridgehead atoms. The number of anilines is 1. The van der Waals surface area contributed by atoms with Gasteiger partial charge in [-0.2, -0.15) is 0 Å². The zero-order valence-electron chi connectivity index (χ0n) is 17.5. The molecular formula is C25H20F2N2O4. The summed E-state index contributed by atoms with van der Waals surface area (Å²) in [4.78, 5) is 29.1. The quantitative estimate of drug-likeness (QED) is 0.418. The fourth-order valence-electron chi connectivity index (χ4n) is 5.32. The number of carbonyl (C=O) groups is 2. The number of carbonyl (C=O) groups excluding carboxylic acids is 2. The summed E-state index contributed by atoms with van der Waals surface area (Å²) in [6, 6.07) is 13.8. The predicted octanol–water partition coefficient (Wildman–Crippen LogP) is 3.75. The molecule has 6 nitrogen and oxygen atoms in total. The number of rotatable bonds is 3. The average molecular weight is 450 g/mol. The molecule has 0 aliphatic carbocycles. The Balaban J connectivity index is 1.76. The lowest BCUT2D eigenvalue weighted by molar-refractivity contribution is -0.126. The summed E-state index contributed by atoms with van der Waals surface area (Å²) in [6.45, 7) is 0.222. The lowest BCUT2D eigenvalue weighted by Gasteiger charge is -2.35. The number of nitrogens with zero attached hydrogens (tertiary/aromatic N) is 1. The van der Waals surface area contributed by atoms with Gasteiger partial charge in [0.2, 0.25) is 5.91 Å². The largest absolute Gasteiger partial charge is 0.504 e. The Labute approximate surface area is 188 Å². The lowest BCUT2D eigenvalue weighted by atomic mass is 9.70. The van der Waals surface area contributed by atoms with Gasteiger partial charge in [-0.05, 0) is 49.0 Å². The van der Waals surface area contributed by atoms with Gasteiger partial charge in [-0.25, -0.2) is 8.78 Å². The third kappa shape index (κ3) is 2.94. The number of hydrogen-bond donors (Lipinski definition) is 3. The molecule has 8 heteroatoms. The van der Waals surface area contributed by atoms with Gasteiger partial charge in [0.25, 0.3) is 0 Å². The van der Waals surface area contributed by atoms with E-state index in [1.165, 1.54) is 12.1 Å². The van der Waals surface area contributed by atoms with Crippen molar-refractivity contribution in [3.05, 3.63) is 89.0 Å². The van der Waals surface area contributed by atoms with Gasteiger partial charge in [0.1, 0.15) is 17.2 Å². The summed E-state index contributed by atoms with van der Waals surface area (Å²) in [5, 5.41) is 22.7. The molecule has 0 aromatic heterocycles. The number of para-hydroxylation sites is 1. The molecule has 0 saturated carbocycles. The monoisotopic (exact) mass is 450 g/mol. The van der Waals surface area contributed by atoms with Crippen molar-refractivity contribution in [2.75, 3.05) is 18.9 Å². The van der Waals surface area contributed by atoms with Gasteiger partial charge in [0.05, 0.1) is 11.5 Å². The SMILES string of the molecule is CN1CC(c2ccc(O)c(O)c2)C(C(=O)c2cc(F)ccc2F)C12C(=O)Nc1ccccc12. The summed E-state index contributed by atoms with van der Waals surface area (Å²) < 4.78 is 28.7. The minimum Gasteiger partial charge on any atom is -0.504 e. The number of nitrogens with one attached hydrogen (secondary N) is 1. The Hall–Kier alpha value is -3.78. The summed E-state index contributed by atoms with van der Waals surface area (Å²) in [5.41, 5.74) is -0.314. The van der Waals surface area contributed by atoms with Crippen molar-refractivity contribution < 1.29 is 28.6 Å². The molecule has 33 heavy (non-hydrogen) atoms. The number of halogens is 2. The predicted molar refractivity (Wildman–Crippen MR) is 116 cm³/mol. The van der Waals surface area contributed by atoms with Crippen molar-refractivity contribution in [1.29, 1.82) is 0 Å². The van der Waals surface area contributed by atoms with E-state index in [2.05, 4.69) is 5.32 Å². The number of phenols is 2. The van der Waals surface area contributed by atoms with Crippen LogP contribution in [-0.2, 0) is 10.3 Å². The first-order chi connectivity index (χ1) is 15.7. The summed E-state index contributed by atoms with van der Waals surface area (Å²) in [6.07, 6.45) is 0. The number of Topliss-reactive ketones (excluding diaryl/α,β-unsaturated/α-hetero) is 1. The van der Waals surface area contributed by atoms with E-state index in [-0.39, 0.29) is 18.0 Å². The number of likely N-dealkylation sites (tertiary alicyclic amines) is 1. The highest BCUT2D eigenvalue weighted by Gasteiger charge is 2.64. The maximum atomic E-state index is 14.7. The summed E-state index contributed by atoms with van der Waals surface area (Å²) >= 11 is 0. The third-order valence-corrected chi connectivity index (χ3v) is 6.76. The van der Waals surface area contributed by atoms with Gasteiger partial charge in [-0.1, -0.05) is 24.3 Å². The van der Waals surface area contributed by atoms with Crippen LogP contribution in [0.2, 0.25) is 0 Å². The first-order valence-corrected chi connectivity index (χ1v) is 10.4. The van der Waals surface area contributed by atoms with Gasteiger partial charge < -0.3 is 15.5 Å². The second-order valence-corrected chi connectivity index (χ2v) is 8.47.